The van der Waals surface area contributed by atoms with Crippen LogP contribution in [-0.2, 0) is 4.74 Å². The zero-order valence-electron chi connectivity index (χ0n) is 13.6. The third-order valence-electron chi connectivity index (χ3n) is 4.98. The fourth-order valence-electron chi connectivity index (χ4n) is 3.67. The number of hydrogen-bond donors (Lipinski definition) is 0. The van der Waals surface area contributed by atoms with Crippen molar-refractivity contribution < 1.29 is 13.9 Å². The van der Waals surface area contributed by atoms with Crippen molar-refractivity contribution in [2.45, 2.75) is 12.5 Å². The number of carbonyl (C=O) groups excluding carboxylic acids is 1. The standard InChI is InChI=1S/C19H22N2O3/c22-19(17-7-4-11-23-17)21-10-12-24-18-14-20(9-8-15(18)13-21)16-5-2-1-3-6-16/h1-7,11,15,18H,8-10,12-14H2/t15-,18-/m0/s1. The molecule has 2 aromatic rings. The Balaban J connectivity index is 1.44. The van der Waals surface area contributed by atoms with E-state index in [-0.39, 0.29) is 12.0 Å². The van der Waals surface area contributed by atoms with Crippen LogP contribution in [0.4, 0.5) is 5.69 Å². The first-order valence-corrected chi connectivity index (χ1v) is 8.55. The van der Waals surface area contributed by atoms with E-state index in [0.29, 0.717) is 24.8 Å². The number of benzene rings is 1. The zero-order valence-corrected chi connectivity index (χ0v) is 13.6. The first-order valence-electron chi connectivity index (χ1n) is 8.55. The van der Waals surface area contributed by atoms with Crippen molar-refractivity contribution in [1.82, 2.24) is 4.90 Å². The summed E-state index contributed by atoms with van der Waals surface area (Å²) in [5, 5.41) is 0. The minimum absolute atomic E-state index is 0.0326. The number of fused-ring (bicyclic) bond motifs is 1. The van der Waals surface area contributed by atoms with E-state index in [1.165, 1.54) is 5.69 Å². The third-order valence-corrected chi connectivity index (χ3v) is 4.98. The second-order valence-electron chi connectivity index (χ2n) is 6.47. The highest BCUT2D eigenvalue weighted by Gasteiger charge is 2.35. The minimum atomic E-state index is -0.0326. The van der Waals surface area contributed by atoms with E-state index in [1.807, 2.05) is 11.0 Å². The Kier molecular flexibility index (Phi) is 4.26. The van der Waals surface area contributed by atoms with Crippen molar-refractivity contribution in [1.29, 1.82) is 0 Å². The molecule has 0 N–H and O–H groups in total. The van der Waals surface area contributed by atoms with Gasteiger partial charge in [0.05, 0.1) is 19.0 Å². The lowest BCUT2D eigenvalue weighted by molar-refractivity contribution is 0.0253. The second kappa shape index (κ2) is 6.69. The van der Waals surface area contributed by atoms with E-state index in [1.54, 1.807) is 18.4 Å². The highest BCUT2D eigenvalue weighted by atomic mass is 16.5. The summed E-state index contributed by atoms with van der Waals surface area (Å²) in [6.07, 6.45) is 2.75. The highest BCUT2D eigenvalue weighted by Crippen LogP contribution is 2.28. The van der Waals surface area contributed by atoms with Crippen LogP contribution in [0.25, 0.3) is 0 Å². The Morgan fingerprint density at radius 3 is 2.71 bits per heavy atom. The Hall–Kier alpha value is -2.27. The summed E-state index contributed by atoms with van der Waals surface area (Å²) in [6.45, 7) is 3.83. The highest BCUT2D eigenvalue weighted by molar-refractivity contribution is 5.91. The summed E-state index contributed by atoms with van der Waals surface area (Å²) < 4.78 is 11.4. The molecule has 5 heteroatoms. The molecule has 0 spiro atoms. The number of hydrogen-bond acceptors (Lipinski definition) is 4. The maximum atomic E-state index is 12.5. The molecule has 126 valence electrons. The molecule has 0 radical (unpaired) electrons. The normalized spacial score (nSPS) is 24.3. The van der Waals surface area contributed by atoms with E-state index in [2.05, 4.69) is 29.2 Å². The molecule has 1 aromatic carbocycles. The second-order valence-corrected chi connectivity index (χ2v) is 6.47. The minimum Gasteiger partial charge on any atom is -0.459 e. The molecular weight excluding hydrogens is 304 g/mol. The van der Waals surface area contributed by atoms with Crippen molar-refractivity contribution in [2.75, 3.05) is 37.7 Å². The summed E-state index contributed by atoms with van der Waals surface area (Å²) in [5.41, 5.74) is 1.24. The molecule has 0 saturated carbocycles. The fourth-order valence-corrected chi connectivity index (χ4v) is 3.67. The molecule has 2 aliphatic heterocycles. The number of rotatable bonds is 2. The van der Waals surface area contributed by atoms with Crippen LogP contribution in [0.15, 0.2) is 53.1 Å². The summed E-state index contributed by atoms with van der Waals surface area (Å²) in [6, 6.07) is 13.9. The van der Waals surface area contributed by atoms with Crippen LogP contribution in [-0.4, -0.2) is 49.7 Å². The molecule has 1 amide bonds. The van der Waals surface area contributed by atoms with Crippen LogP contribution >= 0.6 is 0 Å². The van der Waals surface area contributed by atoms with Crippen LogP contribution in [0.2, 0.25) is 0 Å². The van der Waals surface area contributed by atoms with Gasteiger partial charge in [0, 0.05) is 37.8 Å². The molecule has 1 aromatic heterocycles. The van der Waals surface area contributed by atoms with E-state index in [9.17, 15) is 4.79 Å². The van der Waals surface area contributed by atoms with Gasteiger partial charge in [0.25, 0.3) is 5.91 Å². The maximum absolute atomic E-state index is 12.5. The van der Waals surface area contributed by atoms with Crippen LogP contribution in [0.3, 0.4) is 0 Å². The van der Waals surface area contributed by atoms with Gasteiger partial charge in [-0.2, -0.15) is 0 Å². The van der Waals surface area contributed by atoms with E-state index >= 15 is 0 Å². The molecule has 2 saturated heterocycles. The average molecular weight is 326 g/mol. The monoisotopic (exact) mass is 326 g/mol. The quantitative estimate of drug-likeness (QED) is 0.851. The first kappa shape index (κ1) is 15.3. The number of nitrogens with zero attached hydrogens (tertiary/aromatic N) is 2. The van der Waals surface area contributed by atoms with Crippen molar-refractivity contribution >= 4 is 11.6 Å². The summed E-state index contributed by atoms with van der Waals surface area (Å²) in [4.78, 5) is 16.8. The lowest BCUT2D eigenvalue weighted by atomic mass is 9.93. The Labute approximate surface area is 141 Å². The first-order chi connectivity index (χ1) is 11.8. The lowest BCUT2D eigenvalue weighted by Crippen LogP contribution is -2.47. The summed E-state index contributed by atoms with van der Waals surface area (Å²) in [5.74, 6) is 0.760. The molecule has 2 aliphatic rings. The van der Waals surface area contributed by atoms with Gasteiger partial charge in [0.15, 0.2) is 5.76 Å². The number of furan rings is 1. The predicted molar refractivity (Wildman–Crippen MR) is 91.1 cm³/mol. The number of ether oxygens (including phenoxy) is 1. The molecule has 2 fully saturated rings. The van der Waals surface area contributed by atoms with Gasteiger partial charge in [-0.05, 0) is 30.7 Å². The van der Waals surface area contributed by atoms with E-state index < -0.39 is 0 Å². The van der Waals surface area contributed by atoms with Gasteiger partial charge in [-0.25, -0.2) is 0 Å². The molecule has 24 heavy (non-hydrogen) atoms. The lowest BCUT2D eigenvalue weighted by Gasteiger charge is -2.39. The summed E-state index contributed by atoms with van der Waals surface area (Å²) >= 11 is 0. The van der Waals surface area contributed by atoms with Crippen molar-refractivity contribution in [3.05, 3.63) is 54.5 Å². The SMILES string of the molecule is O=C(c1ccco1)N1CCO[C@H]2CN(c3ccccc3)CC[C@H]2C1. The topological polar surface area (TPSA) is 45.9 Å². The molecule has 5 nitrogen and oxygen atoms in total. The Morgan fingerprint density at radius 2 is 1.92 bits per heavy atom. The smallest absolute Gasteiger partial charge is 0.289 e. The third kappa shape index (κ3) is 3.04. The zero-order chi connectivity index (χ0) is 16.4. The van der Waals surface area contributed by atoms with Crippen LogP contribution in [0.1, 0.15) is 17.0 Å². The van der Waals surface area contributed by atoms with Crippen LogP contribution in [0.5, 0.6) is 0 Å². The number of amides is 1. The van der Waals surface area contributed by atoms with Gasteiger partial charge < -0.3 is 19.0 Å². The molecule has 3 heterocycles. The van der Waals surface area contributed by atoms with Crippen molar-refractivity contribution in [3.8, 4) is 0 Å². The molecule has 0 unspecified atom stereocenters. The molecule has 0 aliphatic carbocycles. The maximum Gasteiger partial charge on any atom is 0.289 e. The predicted octanol–water partition coefficient (Wildman–Crippen LogP) is 2.65. The van der Waals surface area contributed by atoms with Gasteiger partial charge in [-0.1, -0.05) is 18.2 Å². The Morgan fingerprint density at radius 1 is 1.04 bits per heavy atom. The van der Waals surface area contributed by atoms with Gasteiger partial charge in [0.1, 0.15) is 0 Å². The molecular formula is C19H22N2O3. The number of para-hydroxylation sites is 1. The Bertz CT molecular complexity index is 671. The summed E-state index contributed by atoms with van der Waals surface area (Å²) in [7, 11) is 0. The van der Waals surface area contributed by atoms with Gasteiger partial charge in [0.2, 0.25) is 0 Å². The van der Waals surface area contributed by atoms with Gasteiger partial charge in [-0.3, -0.25) is 4.79 Å². The van der Waals surface area contributed by atoms with E-state index in [4.69, 9.17) is 9.15 Å². The molecule has 0 bridgehead atoms. The van der Waals surface area contributed by atoms with E-state index in [0.717, 1.165) is 26.1 Å². The number of carbonyl (C=O) groups is 1. The number of piperidine rings is 1. The number of anilines is 1. The van der Waals surface area contributed by atoms with Crippen molar-refractivity contribution in [2.24, 2.45) is 5.92 Å². The van der Waals surface area contributed by atoms with Gasteiger partial charge in [-0.15, -0.1) is 0 Å². The van der Waals surface area contributed by atoms with Crippen LogP contribution in [0, 0.1) is 5.92 Å². The van der Waals surface area contributed by atoms with Crippen LogP contribution < -0.4 is 4.90 Å². The molecule has 4 rings (SSSR count). The van der Waals surface area contributed by atoms with Crippen molar-refractivity contribution in [3.63, 3.8) is 0 Å². The average Bonchev–Trinajstić information content (AvgIpc) is 3.08. The fraction of sp³-hybridized carbons (Fsp3) is 0.421. The van der Waals surface area contributed by atoms with Gasteiger partial charge >= 0.3 is 0 Å². The molecule has 2 atom stereocenters. The largest absolute Gasteiger partial charge is 0.459 e.